The minimum atomic E-state index is -0.433. The van der Waals surface area contributed by atoms with Gasteiger partial charge in [0.25, 0.3) is 0 Å². The van der Waals surface area contributed by atoms with E-state index < -0.39 is 6.03 Å². The third-order valence-electron chi connectivity index (χ3n) is 2.56. The molecule has 15 heavy (non-hydrogen) atoms. The average Bonchev–Trinajstić information content (AvgIpc) is 2.27. The lowest BCUT2D eigenvalue weighted by molar-refractivity contribution is 0.194. The second kappa shape index (κ2) is 6.61. The Morgan fingerprint density at radius 1 is 1.40 bits per heavy atom. The molecule has 1 rings (SSSR count). The van der Waals surface area contributed by atoms with Crippen LogP contribution in [0, 0.1) is 4.91 Å². The highest BCUT2D eigenvalue weighted by molar-refractivity contribution is 6.18. The fraction of sp³-hybridized carbons (Fsp3) is 0.889. The van der Waals surface area contributed by atoms with Gasteiger partial charge in [-0.25, -0.2) is 4.79 Å². The van der Waals surface area contributed by atoms with E-state index >= 15 is 0 Å². The van der Waals surface area contributed by atoms with Crippen LogP contribution in [-0.2, 0) is 0 Å². The highest BCUT2D eigenvalue weighted by Gasteiger charge is 2.19. The summed E-state index contributed by atoms with van der Waals surface area (Å²) >= 11 is 5.44. The largest absolute Gasteiger partial charge is 0.340 e. The molecule has 0 radical (unpaired) electrons. The third-order valence-corrected chi connectivity index (χ3v) is 2.73. The van der Waals surface area contributed by atoms with E-state index in [-0.39, 0.29) is 18.5 Å². The van der Waals surface area contributed by atoms with Crippen LogP contribution in [0.15, 0.2) is 5.29 Å². The molecule has 1 aliphatic carbocycles. The maximum Gasteiger partial charge on any atom is 0.340 e. The van der Waals surface area contributed by atoms with Gasteiger partial charge < -0.3 is 5.32 Å². The Morgan fingerprint density at radius 3 is 2.60 bits per heavy atom. The van der Waals surface area contributed by atoms with E-state index in [1.54, 1.807) is 0 Å². The lowest BCUT2D eigenvalue weighted by Gasteiger charge is -2.24. The van der Waals surface area contributed by atoms with Crippen molar-refractivity contribution in [3.8, 4) is 0 Å². The van der Waals surface area contributed by atoms with Gasteiger partial charge in [0.1, 0.15) is 0 Å². The Kier molecular flexibility index (Phi) is 5.39. The molecule has 1 aliphatic rings. The number of amides is 2. The summed E-state index contributed by atoms with van der Waals surface area (Å²) in [7, 11) is 0. The molecule has 1 N–H and O–H groups in total. The van der Waals surface area contributed by atoms with Crippen molar-refractivity contribution in [3.63, 3.8) is 0 Å². The molecule has 1 saturated carbocycles. The predicted octanol–water partition coefficient (Wildman–Crippen LogP) is 2.25. The molecule has 0 bridgehead atoms. The van der Waals surface area contributed by atoms with Crippen LogP contribution in [0.2, 0.25) is 0 Å². The minimum Gasteiger partial charge on any atom is -0.334 e. The molecule has 2 amide bonds. The summed E-state index contributed by atoms with van der Waals surface area (Å²) in [6.07, 6.45) is 5.46. The van der Waals surface area contributed by atoms with Crippen LogP contribution >= 0.6 is 11.6 Å². The molecule has 86 valence electrons. The van der Waals surface area contributed by atoms with Crippen molar-refractivity contribution in [2.45, 2.75) is 38.1 Å². The van der Waals surface area contributed by atoms with Gasteiger partial charge in [-0.3, -0.25) is 0 Å². The Morgan fingerprint density at radius 2 is 2.07 bits per heavy atom. The number of nitrogens with one attached hydrogen (secondary N) is 1. The first-order valence-electron chi connectivity index (χ1n) is 5.25. The lowest BCUT2D eigenvalue weighted by atomic mass is 9.93. The van der Waals surface area contributed by atoms with Crippen LogP contribution in [-0.4, -0.2) is 29.5 Å². The number of hydrogen-bond acceptors (Lipinski definition) is 3. The standard InChI is InChI=1S/C9H16ClN3O2/c10-6-7-13(12-15)9(14)11-8-4-2-1-3-5-8/h8H,1-7H2,(H,11,14)/i9-1. The van der Waals surface area contributed by atoms with Gasteiger partial charge in [0.05, 0.1) is 11.8 Å². The number of nitroso groups, excluding NO2 is 1. The molecule has 6 heteroatoms. The first-order chi connectivity index (χ1) is 7.27. The number of carbonyl (C=O) groups is 1. The summed E-state index contributed by atoms with van der Waals surface area (Å²) in [5, 5.41) is 6.25. The van der Waals surface area contributed by atoms with E-state index in [0.29, 0.717) is 0 Å². The van der Waals surface area contributed by atoms with Crippen LogP contribution in [0.5, 0.6) is 0 Å². The maximum atomic E-state index is 11.5. The number of nitrogens with zero attached hydrogens (tertiary/aromatic N) is 2. The van der Waals surface area contributed by atoms with E-state index in [9.17, 15) is 9.70 Å². The maximum absolute atomic E-state index is 11.5. The smallest absolute Gasteiger partial charge is 0.334 e. The number of carbonyl (C=O) groups excluding carboxylic acids is 1. The lowest BCUT2D eigenvalue weighted by Crippen LogP contribution is -2.43. The molecule has 0 saturated heterocycles. The summed E-state index contributed by atoms with van der Waals surface area (Å²) in [5.74, 6) is 0.212. The van der Waals surface area contributed by atoms with Crippen molar-refractivity contribution in [1.82, 2.24) is 10.3 Å². The van der Waals surface area contributed by atoms with Crippen LogP contribution < -0.4 is 5.32 Å². The van der Waals surface area contributed by atoms with E-state index in [2.05, 4.69) is 10.6 Å². The molecule has 5 nitrogen and oxygen atoms in total. The summed E-state index contributed by atoms with van der Waals surface area (Å²) in [6.45, 7) is 0.156. The average molecular weight is 233 g/mol. The quantitative estimate of drug-likeness (QED) is 0.459. The highest BCUT2D eigenvalue weighted by atomic mass is 35.5. The van der Waals surface area contributed by atoms with Crippen LogP contribution in [0.1, 0.15) is 32.1 Å². The normalized spacial score (nSPS) is 17.1. The Balaban J connectivity index is 2.34. The van der Waals surface area contributed by atoms with Gasteiger partial charge in [0.15, 0.2) is 0 Å². The number of alkyl halides is 1. The predicted molar refractivity (Wildman–Crippen MR) is 58.6 cm³/mol. The topological polar surface area (TPSA) is 61.8 Å². The van der Waals surface area contributed by atoms with Crippen LogP contribution in [0.25, 0.3) is 0 Å². The molecule has 1 fully saturated rings. The zero-order valence-corrected chi connectivity index (χ0v) is 9.37. The molecule has 0 heterocycles. The Labute approximate surface area is 94.1 Å². The summed E-state index contributed by atoms with van der Waals surface area (Å²) in [4.78, 5) is 21.8. The van der Waals surface area contributed by atoms with E-state index in [1.807, 2.05) is 0 Å². The van der Waals surface area contributed by atoms with Crippen molar-refractivity contribution in [3.05, 3.63) is 4.91 Å². The molecular formula is C9H16ClN3O2. The fourth-order valence-electron chi connectivity index (χ4n) is 1.76. The second-order valence-corrected chi connectivity index (χ2v) is 4.06. The van der Waals surface area contributed by atoms with E-state index in [4.69, 9.17) is 11.6 Å². The zero-order valence-electron chi connectivity index (χ0n) is 8.62. The van der Waals surface area contributed by atoms with E-state index in [1.165, 1.54) is 6.42 Å². The number of halogens is 1. The van der Waals surface area contributed by atoms with Gasteiger partial charge in [-0.1, -0.05) is 19.3 Å². The molecule has 0 unspecified atom stereocenters. The van der Waals surface area contributed by atoms with Gasteiger partial charge in [0.2, 0.25) is 0 Å². The molecule has 0 aromatic carbocycles. The minimum absolute atomic E-state index is 0.156. The fourth-order valence-corrected chi connectivity index (χ4v) is 1.92. The van der Waals surface area contributed by atoms with Crippen molar-refractivity contribution in [1.29, 1.82) is 0 Å². The molecule has 0 aromatic heterocycles. The third kappa shape index (κ3) is 4.03. The van der Waals surface area contributed by atoms with Crippen LogP contribution in [0.3, 0.4) is 0 Å². The number of urea groups is 1. The Hall–Kier alpha value is -0.840. The summed E-state index contributed by atoms with van der Waals surface area (Å²) in [5.41, 5.74) is 0. The number of rotatable bonds is 4. The molecule has 0 aromatic rings. The first kappa shape index (κ1) is 12.2. The van der Waals surface area contributed by atoms with Crippen molar-refractivity contribution in [2.24, 2.45) is 5.29 Å². The zero-order chi connectivity index (χ0) is 11.1. The molecule has 0 spiro atoms. The van der Waals surface area contributed by atoms with Gasteiger partial charge in [-0.15, -0.1) is 16.5 Å². The molecule has 0 aliphatic heterocycles. The first-order valence-corrected chi connectivity index (χ1v) is 5.78. The van der Waals surface area contributed by atoms with Crippen molar-refractivity contribution < 1.29 is 4.79 Å². The van der Waals surface area contributed by atoms with Crippen LogP contribution in [0.4, 0.5) is 4.79 Å². The van der Waals surface area contributed by atoms with Gasteiger partial charge in [-0.2, -0.15) is 5.01 Å². The Bertz CT molecular complexity index is 219. The SMILES string of the molecule is O=NN(CCCl)[11C](=O)NC1CCCCC1. The van der Waals surface area contributed by atoms with Gasteiger partial charge in [-0.05, 0) is 12.8 Å². The highest BCUT2D eigenvalue weighted by Crippen LogP contribution is 2.17. The molecular weight excluding hydrogens is 217 g/mol. The van der Waals surface area contributed by atoms with E-state index in [0.717, 1.165) is 30.7 Å². The van der Waals surface area contributed by atoms with Crippen molar-refractivity contribution >= 4 is 17.6 Å². The van der Waals surface area contributed by atoms with Gasteiger partial charge >= 0.3 is 6.03 Å². The summed E-state index contributed by atoms with van der Waals surface area (Å²) in [6, 6.07) is -0.247. The molecule has 0 atom stereocenters. The number of hydrogen-bond donors (Lipinski definition) is 1. The van der Waals surface area contributed by atoms with Crippen molar-refractivity contribution in [2.75, 3.05) is 12.4 Å². The van der Waals surface area contributed by atoms with Gasteiger partial charge in [0, 0.05) is 11.9 Å². The monoisotopic (exact) mass is 232 g/mol. The summed E-state index contributed by atoms with van der Waals surface area (Å²) < 4.78 is 0. The second-order valence-electron chi connectivity index (χ2n) is 3.68.